The second-order valence-corrected chi connectivity index (χ2v) is 7.81. The summed E-state index contributed by atoms with van der Waals surface area (Å²) < 4.78 is 28.2. The van der Waals surface area contributed by atoms with Crippen LogP contribution < -0.4 is 10.0 Å². The molecule has 0 radical (unpaired) electrons. The maximum atomic E-state index is 12.3. The summed E-state index contributed by atoms with van der Waals surface area (Å²) in [5.41, 5.74) is 1.51. The van der Waals surface area contributed by atoms with Crippen molar-refractivity contribution in [2.75, 3.05) is 11.3 Å². The van der Waals surface area contributed by atoms with Gasteiger partial charge in [0.25, 0.3) is 10.0 Å². The van der Waals surface area contributed by atoms with Crippen LogP contribution >= 0.6 is 27.3 Å². The standard InChI is InChI=1S/C13H15BrN2O2S2/c1-2-15-8-10-7-13(19-9-10)20(17,18)16-12-6-4-3-5-11(12)14/h3-7,9,15-16H,2,8H2,1H3. The van der Waals surface area contributed by atoms with E-state index in [4.69, 9.17) is 0 Å². The molecule has 0 fully saturated rings. The van der Waals surface area contributed by atoms with Crippen molar-refractivity contribution in [3.63, 3.8) is 0 Å². The number of rotatable bonds is 6. The van der Waals surface area contributed by atoms with Gasteiger partial charge in [-0.15, -0.1) is 11.3 Å². The molecule has 0 aliphatic heterocycles. The van der Waals surface area contributed by atoms with Gasteiger partial charge >= 0.3 is 0 Å². The fraction of sp³-hybridized carbons (Fsp3) is 0.231. The number of benzene rings is 1. The summed E-state index contributed by atoms with van der Waals surface area (Å²) in [6.45, 7) is 3.54. The summed E-state index contributed by atoms with van der Waals surface area (Å²) >= 11 is 4.55. The molecular formula is C13H15BrN2O2S2. The number of hydrogen-bond donors (Lipinski definition) is 2. The van der Waals surface area contributed by atoms with Crippen LogP contribution in [0.4, 0.5) is 5.69 Å². The minimum atomic E-state index is -3.53. The Morgan fingerprint density at radius 3 is 2.75 bits per heavy atom. The van der Waals surface area contributed by atoms with E-state index >= 15 is 0 Å². The van der Waals surface area contributed by atoms with Gasteiger partial charge in [0.2, 0.25) is 0 Å². The molecular weight excluding hydrogens is 360 g/mol. The monoisotopic (exact) mass is 374 g/mol. The van der Waals surface area contributed by atoms with Crippen LogP contribution in [-0.2, 0) is 16.6 Å². The zero-order valence-corrected chi connectivity index (χ0v) is 14.1. The van der Waals surface area contributed by atoms with Gasteiger partial charge < -0.3 is 5.32 Å². The van der Waals surface area contributed by atoms with Gasteiger partial charge in [0.05, 0.1) is 5.69 Å². The van der Waals surface area contributed by atoms with E-state index < -0.39 is 10.0 Å². The van der Waals surface area contributed by atoms with Crippen molar-refractivity contribution in [1.82, 2.24) is 5.32 Å². The summed E-state index contributed by atoms with van der Waals surface area (Å²) in [6.07, 6.45) is 0. The Kier molecular flexibility index (Phi) is 5.20. The third kappa shape index (κ3) is 3.82. The Labute approximate surface area is 131 Å². The summed E-state index contributed by atoms with van der Waals surface area (Å²) in [5, 5.41) is 5.03. The van der Waals surface area contributed by atoms with Crippen LogP contribution in [0.1, 0.15) is 12.5 Å². The lowest BCUT2D eigenvalue weighted by molar-refractivity contribution is 0.603. The lowest BCUT2D eigenvalue weighted by atomic mass is 10.3. The molecule has 4 nitrogen and oxygen atoms in total. The number of halogens is 1. The number of hydrogen-bond acceptors (Lipinski definition) is 4. The minimum Gasteiger partial charge on any atom is -0.313 e. The fourth-order valence-corrected chi connectivity index (χ4v) is 4.40. The molecule has 0 saturated heterocycles. The normalized spacial score (nSPS) is 11.5. The number of para-hydroxylation sites is 1. The van der Waals surface area contributed by atoms with E-state index in [1.807, 2.05) is 18.4 Å². The fourth-order valence-electron chi connectivity index (χ4n) is 1.60. The molecule has 2 rings (SSSR count). The highest BCUT2D eigenvalue weighted by molar-refractivity contribution is 9.10. The van der Waals surface area contributed by atoms with Crippen LogP contribution in [0, 0.1) is 0 Å². The van der Waals surface area contributed by atoms with Crippen molar-refractivity contribution in [2.45, 2.75) is 17.7 Å². The predicted octanol–water partition coefficient (Wildman–Crippen LogP) is 3.42. The number of sulfonamides is 1. The van der Waals surface area contributed by atoms with Crippen LogP contribution in [-0.4, -0.2) is 15.0 Å². The molecule has 1 aromatic heterocycles. The second kappa shape index (κ2) is 6.71. The zero-order valence-electron chi connectivity index (χ0n) is 10.9. The van der Waals surface area contributed by atoms with Gasteiger partial charge in [-0.1, -0.05) is 19.1 Å². The zero-order chi connectivity index (χ0) is 14.6. The first-order valence-electron chi connectivity index (χ1n) is 6.08. The maximum Gasteiger partial charge on any atom is 0.271 e. The SMILES string of the molecule is CCNCc1csc(S(=O)(=O)Nc2ccccc2Br)c1. The molecule has 0 spiro atoms. The number of thiophene rings is 1. The summed E-state index contributed by atoms with van der Waals surface area (Å²) in [7, 11) is -3.53. The van der Waals surface area contributed by atoms with E-state index in [0.29, 0.717) is 20.9 Å². The smallest absolute Gasteiger partial charge is 0.271 e. The molecule has 0 atom stereocenters. The molecule has 7 heteroatoms. The Bertz CT molecular complexity index is 683. The largest absolute Gasteiger partial charge is 0.313 e. The molecule has 0 amide bonds. The topological polar surface area (TPSA) is 58.2 Å². The average Bonchev–Trinajstić information content (AvgIpc) is 2.88. The molecule has 2 aromatic rings. The second-order valence-electron chi connectivity index (χ2n) is 4.14. The van der Waals surface area contributed by atoms with Gasteiger partial charge in [0.15, 0.2) is 0 Å². The minimum absolute atomic E-state index is 0.321. The first kappa shape index (κ1) is 15.5. The van der Waals surface area contributed by atoms with Crippen molar-refractivity contribution in [3.8, 4) is 0 Å². The van der Waals surface area contributed by atoms with E-state index in [-0.39, 0.29) is 0 Å². The third-order valence-corrected chi connectivity index (χ3v) is 6.14. The molecule has 0 aliphatic carbocycles. The molecule has 0 saturated carbocycles. The highest BCUT2D eigenvalue weighted by Gasteiger charge is 2.17. The molecule has 0 bridgehead atoms. The first-order valence-corrected chi connectivity index (χ1v) is 9.24. The van der Waals surface area contributed by atoms with Crippen molar-refractivity contribution < 1.29 is 8.42 Å². The van der Waals surface area contributed by atoms with Crippen molar-refractivity contribution in [2.24, 2.45) is 0 Å². The van der Waals surface area contributed by atoms with Gasteiger partial charge in [-0.2, -0.15) is 0 Å². The van der Waals surface area contributed by atoms with Gasteiger partial charge in [0.1, 0.15) is 4.21 Å². The van der Waals surface area contributed by atoms with Crippen LogP contribution in [0.2, 0.25) is 0 Å². The van der Waals surface area contributed by atoms with Crippen LogP contribution in [0.15, 0.2) is 44.4 Å². The lowest BCUT2D eigenvalue weighted by Crippen LogP contribution is -2.13. The highest BCUT2D eigenvalue weighted by atomic mass is 79.9. The van der Waals surface area contributed by atoms with E-state index in [1.54, 1.807) is 24.3 Å². The Hall–Kier alpha value is -0.890. The molecule has 108 valence electrons. The third-order valence-electron chi connectivity index (χ3n) is 2.59. The van der Waals surface area contributed by atoms with Gasteiger partial charge in [-0.05, 0) is 51.6 Å². The average molecular weight is 375 g/mol. The molecule has 1 heterocycles. The maximum absolute atomic E-state index is 12.3. The van der Waals surface area contributed by atoms with Crippen molar-refractivity contribution in [3.05, 3.63) is 45.7 Å². The van der Waals surface area contributed by atoms with Gasteiger partial charge in [-0.25, -0.2) is 8.42 Å². The van der Waals surface area contributed by atoms with Crippen molar-refractivity contribution >= 4 is 43.0 Å². The Morgan fingerprint density at radius 2 is 2.05 bits per heavy atom. The summed E-state index contributed by atoms with van der Waals surface area (Å²) in [4.78, 5) is 0. The molecule has 20 heavy (non-hydrogen) atoms. The van der Waals surface area contributed by atoms with Gasteiger partial charge in [0, 0.05) is 11.0 Å². The molecule has 1 aromatic carbocycles. The molecule has 2 N–H and O–H groups in total. The van der Waals surface area contributed by atoms with E-state index in [9.17, 15) is 8.42 Å². The van der Waals surface area contributed by atoms with E-state index in [2.05, 4.69) is 26.0 Å². The lowest BCUT2D eigenvalue weighted by Gasteiger charge is -2.07. The van der Waals surface area contributed by atoms with Crippen LogP contribution in [0.3, 0.4) is 0 Å². The number of anilines is 1. The van der Waals surface area contributed by atoms with Crippen LogP contribution in [0.25, 0.3) is 0 Å². The number of nitrogens with one attached hydrogen (secondary N) is 2. The first-order chi connectivity index (χ1) is 9.53. The Balaban J connectivity index is 2.18. The van der Waals surface area contributed by atoms with E-state index in [0.717, 1.165) is 12.1 Å². The Morgan fingerprint density at radius 1 is 1.30 bits per heavy atom. The molecule has 0 unspecified atom stereocenters. The quantitative estimate of drug-likeness (QED) is 0.814. The van der Waals surface area contributed by atoms with Gasteiger partial charge in [-0.3, -0.25) is 4.72 Å². The predicted molar refractivity (Wildman–Crippen MR) is 86.7 cm³/mol. The summed E-state index contributed by atoms with van der Waals surface area (Å²) in [5.74, 6) is 0. The van der Waals surface area contributed by atoms with Crippen molar-refractivity contribution in [1.29, 1.82) is 0 Å². The van der Waals surface area contributed by atoms with Crippen LogP contribution in [0.5, 0.6) is 0 Å². The molecule has 0 aliphatic rings. The summed E-state index contributed by atoms with van der Waals surface area (Å²) in [6, 6.07) is 8.83. The van der Waals surface area contributed by atoms with E-state index in [1.165, 1.54) is 11.3 Å². The highest BCUT2D eigenvalue weighted by Crippen LogP contribution is 2.27.